The van der Waals surface area contributed by atoms with Crippen LogP contribution in [0.15, 0.2) is 16.3 Å². The molecule has 1 N–H and O–H groups in total. The topological polar surface area (TPSA) is 57.6 Å². The van der Waals surface area contributed by atoms with Gasteiger partial charge in [-0.05, 0) is 17.7 Å². The van der Waals surface area contributed by atoms with Crippen LogP contribution in [-0.4, -0.2) is 41.7 Å². The molecule has 0 aliphatic carbocycles. The minimum absolute atomic E-state index is 0.239. The third-order valence-electron chi connectivity index (χ3n) is 1.76. The number of hydrogen-bond donors (Lipinski definition) is 1. The number of rotatable bonds is 4. The predicted molar refractivity (Wildman–Crippen MR) is 60.7 cm³/mol. The van der Waals surface area contributed by atoms with E-state index in [4.69, 9.17) is 5.11 Å². The van der Waals surface area contributed by atoms with Crippen molar-refractivity contribution in [2.75, 3.05) is 19.8 Å². The highest BCUT2D eigenvalue weighted by Crippen LogP contribution is 2.26. The number of carbonyl (C=O) groups is 2. The van der Waals surface area contributed by atoms with Gasteiger partial charge in [0, 0.05) is 11.9 Å². The zero-order chi connectivity index (χ0) is 11.4. The van der Waals surface area contributed by atoms with Gasteiger partial charge >= 0.3 is 5.97 Å². The lowest BCUT2D eigenvalue weighted by atomic mass is 10.4. The fraction of sp³-hybridized carbons (Fsp3) is 0.333. The van der Waals surface area contributed by atoms with Crippen molar-refractivity contribution >= 4 is 35.0 Å². The van der Waals surface area contributed by atoms with Gasteiger partial charge in [0.15, 0.2) is 0 Å². The minimum atomic E-state index is -1.01. The number of carbonyl (C=O) groups excluding carboxylic acids is 1. The Kier molecular flexibility index (Phi) is 4.16. The smallest absolute Gasteiger partial charge is 0.323 e. The molecule has 0 aliphatic heterocycles. The Bertz CT molecular complexity index is 375. The number of hydrogen-bond acceptors (Lipinski definition) is 4. The first-order valence-electron chi connectivity index (χ1n) is 4.15. The van der Waals surface area contributed by atoms with E-state index < -0.39 is 5.97 Å². The molecule has 0 bridgehead atoms. The lowest BCUT2D eigenvalue weighted by molar-refractivity contribution is -0.137. The summed E-state index contributed by atoms with van der Waals surface area (Å²) in [5, 5.41) is 10.4. The van der Waals surface area contributed by atoms with E-state index in [9.17, 15) is 9.59 Å². The molecule has 0 unspecified atom stereocenters. The highest BCUT2D eigenvalue weighted by Gasteiger charge is 2.18. The fourth-order valence-electron chi connectivity index (χ4n) is 1.06. The van der Waals surface area contributed by atoms with Gasteiger partial charge in [0.1, 0.15) is 11.4 Å². The van der Waals surface area contributed by atoms with Gasteiger partial charge in [0.2, 0.25) is 0 Å². The summed E-state index contributed by atoms with van der Waals surface area (Å²) in [7, 11) is 1.49. The largest absolute Gasteiger partial charge is 0.480 e. The van der Waals surface area contributed by atoms with E-state index in [2.05, 4.69) is 0 Å². The molecular weight excluding hydrogens is 234 g/mol. The summed E-state index contributed by atoms with van der Waals surface area (Å²) >= 11 is 2.81. The molecule has 1 heterocycles. The average molecular weight is 245 g/mol. The Labute approximate surface area is 95.9 Å². The van der Waals surface area contributed by atoms with Crippen LogP contribution < -0.4 is 0 Å². The van der Waals surface area contributed by atoms with Crippen molar-refractivity contribution in [1.82, 2.24) is 4.90 Å². The first kappa shape index (κ1) is 12.1. The van der Waals surface area contributed by atoms with Crippen LogP contribution in [0.1, 0.15) is 9.67 Å². The highest BCUT2D eigenvalue weighted by molar-refractivity contribution is 7.98. The quantitative estimate of drug-likeness (QED) is 0.819. The van der Waals surface area contributed by atoms with E-state index in [-0.39, 0.29) is 12.5 Å². The third kappa shape index (κ3) is 2.97. The van der Waals surface area contributed by atoms with Gasteiger partial charge in [-0.3, -0.25) is 9.59 Å². The third-order valence-corrected chi connectivity index (χ3v) is 3.57. The molecule has 1 aromatic heterocycles. The molecule has 1 amide bonds. The number of likely N-dealkylation sites (N-methyl/N-ethyl adjacent to an activating group) is 1. The predicted octanol–water partition coefficient (Wildman–Crippen LogP) is 1.63. The average Bonchev–Trinajstić information content (AvgIpc) is 2.62. The monoisotopic (exact) mass is 245 g/mol. The van der Waals surface area contributed by atoms with Crippen LogP contribution in [0.25, 0.3) is 0 Å². The van der Waals surface area contributed by atoms with E-state index >= 15 is 0 Å². The number of thioether (sulfide) groups is 1. The molecule has 6 heteroatoms. The van der Waals surface area contributed by atoms with Gasteiger partial charge in [-0.25, -0.2) is 0 Å². The van der Waals surface area contributed by atoms with Crippen molar-refractivity contribution in [3.05, 3.63) is 16.3 Å². The molecule has 0 radical (unpaired) electrons. The van der Waals surface area contributed by atoms with Gasteiger partial charge in [0.05, 0.1) is 0 Å². The standard InChI is InChI=1S/C9H11NO3S2/c1-10(5-7(11)12)9(13)8-6(14-2)3-4-15-8/h3-4H,5H2,1-2H3,(H,11,12). The van der Waals surface area contributed by atoms with Crippen molar-refractivity contribution in [3.63, 3.8) is 0 Å². The Morgan fingerprint density at radius 1 is 1.60 bits per heavy atom. The highest BCUT2D eigenvalue weighted by atomic mass is 32.2. The Hall–Kier alpha value is -1.01. The summed E-state index contributed by atoms with van der Waals surface area (Å²) in [5.41, 5.74) is 0. The maximum atomic E-state index is 11.8. The molecule has 1 aromatic rings. The zero-order valence-corrected chi connectivity index (χ0v) is 10.0. The summed E-state index contributed by atoms with van der Waals surface area (Å²) in [6.45, 7) is -0.273. The van der Waals surface area contributed by atoms with E-state index in [1.165, 1.54) is 35.0 Å². The van der Waals surface area contributed by atoms with Crippen molar-refractivity contribution in [2.45, 2.75) is 4.90 Å². The second kappa shape index (κ2) is 5.18. The van der Waals surface area contributed by atoms with E-state index in [0.717, 1.165) is 4.90 Å². The van der Waals surface area contributed by atoms with Crippen LogP contribution in [0.4, 0.5) is 0 Å². The van der Waals surface area contributed by atoms with Gasteiger partial charge < -0.3 is 10.0 Å². The molecular formula is C9H11NO3S2. The summed E-state index contributed by atoms with van der Waals surface area (Å²) in [4.78, 5) is 24.9. The molecule has 0 fully saturated rings. The number of nitrogens with zero attached hydrogens (tertiary/aromatic N) is 1. The van der Waals surface area contributed by atoms with Crippen molar-refractivity contribution in [1.29, 1.82) is 0 Å². The Morgan fingerprint density at radius 2 is 2.27 bits per heavy atom. The second-order valence-corrected chi connectivity index (χ2v) is 4.64. The van der Waals surface area contributed by atoms with Gasteiger partial charge in [-0.1, -0.05) is 0 Å². The van der Waals surface area contributed by atoms with Crippen LogP contribution in [0.5, 0.6) is 0 Å². The van der Waals surface area contributed by atoms with E-state index in [0.29, 0.717) is 4.88 Å². The van der Waals surface area contributed by atoms with Gasteiger partial charge in [0.25, 0.3) is 5.91 Å². The van der Waals surface area contributed by atoms with Crippen molar-refractivity contribution in [2.24, 2.45) is 0 Å². The molecule has 15 heavy (non-hydrogen) atoms. The lowest BCUT2D eigenvalue weighted by Crippen LogP contribution is -2.31. The maximum absolute atomic E-state index is 11.8. The van der Waals surface area contributed by atoms with Crippen LogP contribution in [-0.2, 0) is 4.79 Å². The summed E-state index contributed by atoms with van der Waals surface area (Å²) in [5.74, 6) is -1.25. The molecule has 0 aliphatic rings. The van der Waals surface area contributed by atoms with Crippen LogP contribution in [0.2, 0.25) is 0 Å². The molecule has 0 saturated heterocycles. The number of amides is 1. The normalized spacial score (nSPS) is 10.0. The van der Waals surface area contributed by atoms with Crippen molar-refractivity contribution < 1.29 is 14.7 Å². The number of aliphatic carboxylic acids is 1. The van der Waals surface area contributed by atoms with Crippen LogP contribution in [0.3, 0.4) is 0 Å². The van der Waals surface area contributed by atoms with Crippen LogP contribution in [0, 0.1) is 0 Å². The molecule has 1 rings (SSSR count). The van der Waals surface area contributed by atoms with Crippen LogP contribution >= 0.6 is 23.1 Å². The summed E-state index contributed by atoms with van der Waals surface area (Å²) in [6, 6.07) is 1.86. The summed E-state index contributed by atoms with van der Waals surface area (Å²) in [6.07, 6.45) is 1.88. The molecule has 82 valence electrons. The van der Waals surface area contributed by atoms with Gasteiger partial charge in [-0.2, -0.15) is 0 Å². The Morgan fingerprint density at radius 3 is 2.80 bits per heavy atom. The minimum Gasteiger partial charge on any atom is -0.480 e. The Balaban J connectivity index is 2.80. The molecule has 0 saturated carbocycles. The molecule has 4 nitrogen and oxygen atoms in total. The first-order valence-corrected chi connectivity index (χ1v) is 6.25. The molecule has 0 spiro atoms. The van der Waals surface area contributed by atoms with E-state index in [1.807, 2.05) is 17.7 Å². The SMILES string of the molecule is CSc1ccsc1C(=O)N(C)CC(=O)O. The molecule has 0 atom stereocenters. The lowest BCUT2D eigenvalue weighted by Gasteiger charge is -2.13. The maximum Gasteiger partial charge on any atom is 0.323 e. The number of carboxylic acids is 1. The first-order chi connectivity index (χ1) is 7.06. The van der Waals surface area contributed by atoms with Crippen molar-refractivity contribution in [3.8, 4) is 0 Å². The van der Waals surface area contributed by atoms with E-state index in [1.54, 1.807) is 0 Å². The number of carboxylic acid groups (broad SMARTS) is 1. The van der Waals surface area contributed by atoms with Gasteiger partial charge in [-0.15, -0.1) is 23.1 Å². The summed E-state index contributed by atoms with van der Waals surface area (Å²) < 4.78 is 0. The number of thiophene rings is 1. The fourth-order valence-corrected chi connectivity index (χ4v) is 2.80. The molecule has 0 aromatic carbocycles. The zero-order valence-electron chi connectivity index (χ0n) is 8.39. The second-order valence-electron chi connectivity index (χ2n) is 2.87.